The Labute approximate surface area is 454 Å². The van der Waals surface area contributed by atoms with Gasteiger partial charge in [-0.3, -0.25) is 19.2 Å². The van der Waals surface area contributed by atoms with E-state index in [1.54, 1.807) is 24.1 Å². The fraction of sp³-hybridized carbons (Fsp3) is 0.414. The van der Waals surface area contributed by atoms with Crippen molar-refractivity contribution < 1.29 is 42.9 Å². The van der Waals surface area contributed by atoms with Gasteiger partial charge in [0.25, 0.3) is 11.8 Å². The van der Waals surface area contributed by atoms with Crippen LogP contribution in [0.2, 0.25) is 5.02 Å². The second kappa shape index (κ2) is 29.1. The molecule has 3 N–H and O–H groups in total. The summed E-state index contributed by atoms with van der Waals surface area (Å²) in [5.74, 6) is -0.535. The molecule has 18 heteroatoms. The molecular formula is C58H68ClN7O9S. The lowest BCUT2D eigenvalue weighted by atomic mass is 9.87. The molecule has 0 saturated carbocycles. The predicted molar refractivity (Wildman–Crippen MR) is 295 cm³/mol. The first kappa shape index (κ1) is 57.2. The molecule has 4 amide bonds. The van der Waals surface area contributed by atoms with Gasteiger partial charge in [-0.25, -0.2) is 4.98 Å². The van der Waals surface area contributed by atoms with Crippen LogP contribution in [-0.2, 0) is 50.9 Å². The maximum atomic E-state index is 13.4. The first-order chi connectivity index (χ1) is 36.9. The Morgan fingerprint density at radius 1 is 0.763 bits per heavy atom. The lowest BCUT2D eigenvalue weighted by Gasteiger charge is -2.40. The summed E-state index contributed by atoms with van der Waals surface area (Å²) in [6.07, 6.45) is 5.54. The second-order valence-electron chi connectivity index (χ2n) is 18.7. The van der Waals surface area contributed by atoms with Gasteiger partial charge in [-0.05, 0) is 128 Å². The van der Waals surface area contributed by atoms with Gasteiger partial charge in [0, 0.05) is 72.1 Å². The lowest BCUT2D eigenvalue weighted by molar-refractivity contribution is -0.131. The van der Waals surface area contributed by atoms with Crippen molar-refractivity contribution in [3.8, 4) is 17.2 Å². The van der Waals surface area contributed by atoms with E-state index in [9.17, 15) is 24.4 Å². The Balaban J connectivity index is 0.670. The molecule has 0 aliphatic carbocycles. The third kappa shape index (κ3) is 16.3. The fourth-order valence-electron chi connectivity index (χ4n) is 9.58. The number of hydrogen-bond acceptors (Lipinski definition) is 13. The van der Waals surface area contributed by atoms with Crippen LogP contribution < -0.4 is 20.9 Å². The number of anilines is 2. The van der Waals surface area contributed by atoms with Gasteiger partial charge in [-0.15, -0.1) is 11.3 Å². The number of rotatable bonds is 27. The standard InChI is InChI=1S/C58H68ClN7O9S/c1-39-33-47-35-43(5-16-51(47)41(3)65(39)58(70)48(38-60)37-56-62-21-32-76-56)6-18-55(68)61-19-22-71-24-26-73-28-30-75-31-29-74-27-25-72-23-20-63-57(69)45-9-7-44(8-10-45)46-11-17-54-52(36-46)53(34-40(2)66(54)42(4)67)64-50-14-12-49(59)13-15-50/h5,7-17,21,32,35-37,39-41,53,64H,6,18-20,22-31,33-34H2,1-4H3,(H,61,68)(H,63,69)/b48-37+/t39?,40-,41?,53+/m0/s1. The van der Waals surface area contributed by atoms with E-state index in [1.807, 2.05) is 96.9 Å². The number of ether oxygens (including phenoxy) is 5. The minimum atomic E-state index is -0.299. The Kier molecular flexibility index (Phi) is 21.9. The van der Waals surface area contributed by atoms with Crippen molar-refractivity contribution >= 4 is 64.0 Å². The number of aromatic nitrogens is 1. The Bertz CT molecular complexity index is 2790. The highest BCUT2D eigenvalue weighted by Crippen LogP contribution is 2.41. The van der Waals surface area contributed by atoms with Gasteiger partial charge in [0.1, 0.15) is 16.6 Å². The number of thiazole rings is 1. The monoisotopic (exact) mass is 1070 g/mol. The van der Waals surface area contributed by atoms with Crippen LogP contribution in [0, 0.1) is 11.3 Å². The molecule has 0 saturated heterocycles. The maximum Gasteiger partial charge on any atom is 0.265 e. The molecule has 2 aliphatic rings. The van der Waals surface area contributed by atoms with Crippen molar-refractivity contribution in [2.45, 2.75) is 77.5 Å². The number of fused-ring (bicyclic) bond motifs is 2. The quantitative estimate of drug-likeness (QED) is 0.0258. The molecule has 4 aromatic carbocycles. The summed E-state index contributed by atoms with van der Waals surface area (Å²) in [6.45, 7) is 12.4. The van der Waals surface area contributed by atoms with E-state index < -0.39 is 0 Å². The molecule has 4 atom stereocenters. The molecule has 5 aromatic rings. The molecule has 0 bridgehead atoms. The fourth-order valence-corrected chi connectivity index (χ4v) is 10.3. The predicted octanol–water partition coefficient (Wildman–Crippen LogP) is 8.76. The molecule has 0 spiro atoms. The zero-order chi connectivity index (χ0) is 53.8. The van der Waals surface area contributed by atoms with Crippen LogP contribution in [0.1, 0.15) is 90.2 Å². The van der Waals surface area contributed by atoms with E-state index in [4.69, 9.17) is 35.3 Å². The normalized spacial score (nSPS) is 17.1. The van der Waals surface area contributed by atoms with Gasteiger partial charge in [0.05, 0.1) is 78.2 Å². The van der Waals surface area contributed by atoms with E-state index in [0.717, 1.165) is 51.2 Å². The molecule has 0 radical (unpaired) electrons. The molecule has 402 valence electrons. The number of aryl methyl sites for hydroxylation is 1. The molecule has 16 nitrogen and oxygen atoms in total. The number of halogens is 1. The summed E-state index contributed by atoms with van der Waals surface area (Å²) < 4.78 is 28.0. The Morgan fingerprint density at radius 3 is 2.01 bits per heavy atom. The molecule has 0 fully saturated rings. The third-order valence-corrected chi connectivity index (χ3v) is 14.3. The van der Waals surface area contributed by atoms with Crippen molar-refractivity contribution in [2.24, 2.45) is 0 Å². The minimum Gasteiger partial charge on any atom is -0.378 e. The Morgan fingerprint density at radius 2 is 1.39 bits per heavy atom. The molecular weight excluding hydrogens is 1010 g/mol. The number of amides is 4. The van der Waals surface area contributed by atoms with Crippen molar-refractivity contribution in [1.82, 2.24) is 20.5 Å². The zero-order valence-electron chi connectivity index (χ0n) is 43.7. The maximum absolute atomic E-state index is 13.4. The number of benzene rings is 4. The van der Waals surface area contributed by atoms with Gasteiger partial charge >= 0.3 is 0 Å². The number of nitrogens with zero attached hydrogens (tertiary/aromatic N) is 4. The van der Waals surface area contributed by atoms with Crippen LogP contribution in [-0.4, -0.2) is 125 Å². The highest BCUT2D eigenvalue weighted by molar-refractivity contribution is 7.10. The third-order valence-electron chi connectivity index (χ3n) is 13.3. The topological polar surface area (TPSA) is 194 Å². The SMILES string of the molecule is CC(=O)N1c2ccc(-c3ccc(C(=O)NCCOCCOCCOCCOCCOCCNC(=O)CCc4ccc5c(c4)CC(C)N(C(=O)/C(C#N)=C/c4nccs4)C5C)cc3)cc2[C@H](Nc2ccc(Cl)cc2)C[C@@H]1C. The molecule has 1 aromatic heterocycles. The van der Waals surface area contributed by atoms with E-state index >= 15 is 0 Å². The van der Waals surface area contributed by atoms with Crippen molar-refractivity contribution in [3.63, 3.8) is 0 Å². The summed E-state index contributed by atoms with van der Waals surface area (Å²) in [7, 11) is 0. The summed E-state index contributed by atoms with van der Waals surface area (Å²) in [6, 6.07) is 29.2. The van der Waals surface area contributed by atoms with E-state index in [-0.39, 0.29) is 53.4 Å². The number of carbonyl (C=O) groups excluding carboxylic acids is 4. The number of nitrogens with one attached hydrogen (secondary N) is 3. The van der Waals surface area contributed by atoms with Crippen LogP contribution in [0.25, 0.3) is 17.2 Å². The summed E-state index contributed by atoms with van der Waals surface area (Å²) in [5.41, 5.74) is 8.69. The van der Waals surface area contributed by atoms with Crippen LogP contribution in [0.15, 0.2) is 102 Å². The number of carbonyl (C=O) groups is 4. The van der Waals surface area contributed by atoms with E-state index in [2.05, 4.69) is 46.1 Å². The number of hydrogen-bond donors (Lipinski definition) is 3. The molecule has 7 rings (SSSR count). The Hall–Kier alpha value is -6.49. The summed E-state index contributed by atoms with van der Waals surface area (Å²) in [4.78, 5) is 59.4. The first-order valence-corrected chi connectivity index (χ1v) is 27.1. The molecule has 2 aliphatic heterocycles. The summed E-state index contributed by atoms with van der Waals surface area (Å²) in [5, 5.41) is 22.3. The largest absolute Gasteiger partial charge is 0.378 e. The van der Waals surface area contributed by atoms with Gasteiger partial charge in [-0.2, -0.15) is 5.26 Å². The molecule has 2 unspecified atom stereocenters. The van der Waals surface area contributed by atoms with Gasteiger partial charge in [0.2, 0.25) is 11.8 Å². The van der Waals surface area contributed by atoms with E-state index in [1.165, 1.54) is 11.3 Å². The molecule has 76 heavy (non-hydrogen) atoms. The average Bonchev–Trinajstić information content (AvgIpc) is 3.94. The van der Waals surface area contributed by atoms with Crippen molar-refractivity contribution in [3.05, 3.63) is 140 Å². The van der Waals surface area contributed by atoms with E-state index in [0.29, 0.717) is 114 Å². The average molecular weight is 1070 g/mol. The second-order valence-corrected chi connectivity index (χ2v) is 20.1. The van der Waals surface area contributed by atoms with Crippen LogP contribution in [0.5, 0.6) is 0 Å². The van der Waals surface area contributed by atoms with Gasteiger partial charge in [0.15, 0.2) is 0 Å². The number of nitriles is 1. The lowest BCUT2D eigenvalue weighted by Crippen LogP contribution is -2.45. The van der Waals surface area contributed by atoms with Crippen LogP contribution in [0.4, 0.5) is 11.4 Å². The first-order valence-electron chi connectivity index (χ1n) is 25.9. The van der Waals surface area contributed by atoms with Crippen molar-refractivity contribution in [1.29, 1.82) is 5.26 Å². The van der Waals surface area contributed by atoms with Crippen LogP contribution in [0.3, 0.4) is 0 Å². The van der Waals surface area contributed by atoms with Crippen LogP contribution >= 0.6 is 22.9 Å². The summed E-state index contributed by atoms with van der Waals surface area (Å²) >= 11 is 7.51. The smallest absolute Gasteiger partial charge is 0.265 e. The van der Waals surface area contributed by atoms with Crippen molar-refractivity contribution in [2.75, 3.05) is 89.4 Å². The zero-order valence-corrected chi connectivity index (χ0v) is 45.3. The highest BCUT2D eigenvalue weighted by Gasteiger charge is 2.35. The highest BCUT2D eigenvalue weighted by atomic mass is 35.5. The minimum absolute atomic E-state index is 0.00354. The molecule has 3 heterocycles. The van der Waals surface area contributed by atoms with Gasteiger partial charge < -0.3 is 49.4 Å². The van der Waals surface area contributed by atoms with Gasteiger partial charge in [-0.1, -0.05) is 48.0 Å².